The van der Waals surface area contributed by atoms with Gasteiger partial charge in [0.15, 0.2) is 11.6 Å². The first-order chi connectivity index (χ1) is 15.5. The minimum atomic E-state index is -2.61. The van der Waals surface area contributed by atoms with Crippen LogP contribution in [0.2, 0.25) is 5.04 Å². The van der Waals surface area contributed by atoms with Crippen molar-refractivity contribution in [2.24, 2.45) is 0 Å². The molecule has 0 spiro atoms. The lowest BCUT2D eigenvalue weighted by atomic mass is 10.2. The molecule has 0 fully saturated rings. The maximum Gasteiger partial charge on any atom is 0.261 e. The molecular formula is C24H28N4O2SSi. The van der Waals surface area contributed by atoms with Crippen molar-refractivity contribution in [3.8, 4) is 10.7 Å². The topological polar surface area (TPSA) is 73.1 Å². The monoisotopic (exact) mass is 464 g/mol. The number of thiazole rings is 1. The lowest BCUT2D eigenvalue weighted by molar-refractivity contribution is 0.243. The Morgan fingerprint density at radius 3 is 2.12 bits per heavy atom. The van der Waals surface area contributed by atoms with Gasteiger partial charge in [-0.2, -0.15) is 0 Å². The second-order valence-corrected chi connectivity index (χ2v) is 13.8. The van der Waals surface area contributed by atoms with Gasteiger partial charge in [0, 0.05) is 6.20 Å². The van der Waals surface area contributed by atoms with Crippen molar-refractivity contribution in [2.45, 2.75) is 39.0 Å². The van der Waals surface area contributed by atoms with Crippen LogP contribution in [0.15, 0.2) is 72.4 Å². The zero-order valence-corrected chi connectivity index (χ0v) is 20.4. The van der Waals surface area contributed by atoms with E-state index in [0.717, 1.165) is 4.88 Å². The molecule has 32 heavy (non-hydrogen) atoms. The van der Waals surface area contributed by atoms with Crippen LogP contribution in [-0.2, 0) is 17.6 Å². The van der Waals surface area contributed by atoms with Crippen molar-refractivity contribution < 1.29 is 9.53 Å². The zero-order valence-electron chi connectivity index (χ0n) is 18.6. The summed E-state index contributed by atoms with van der Waals surface area (Å²) >= 11 is 1.48. The molecule has 4 rings (SSSR count). The fourth-order valence-electron chi connectivity index (χ4n) is 4.15. The lowest BCUT2D eigenvalue weighted by Gasteiger charge is -2.43. The highest BCUT2D eigenvalue weighted by molar-refractivity contribution is 7.13. The van der Waals surface area contributed by atoms with E-state index in [1.165, 1.54) is 21.7 Å². The Labute approximate surface area is 193 Å². The molecule has 166 valence electrons. The molecule has 0 radical (unpaired) electrons. The molecule has 0 amide bonds. The van der Waals surface area contributed by atoms with E-state index < -0.39 is 8.32 Å². The van der Waals surface area contributed by atoms with Crippen molar-refractivity contribution in [2.75, 3.05) is 6.61 Å². The largest absolute Gasteiger partial charge is 0.406 e. The third-order valence-corrected chi connectivity index (χ3v) is 11.4. The average molecular weight is 465 g/mol. The van der Waals surface area contributed by atoms with Crippen molar-refractivity contribution in [3.63, 3.8) is 0 Å². The van der Waals surface area contributed by atoms with Gasteiger partial charge in [-0.05, 0) is 15.4 Å². The third-order valence-electron chi connectivity index (χ3n) is 5.58. The van der Waals surface area contributed by atoms with Crippen molar-refractivity contribution in [1.29, 1.82) is 0 Å². The molecule has 1 N–H and O–H groups in total. The summed E-state index contributed by atoms with van der Waals surface area (Å²) < 4.78 is 8.67. The van der Waals surface area contributed by atoms with E-state index in [1.807, 2.05) is 12.1 Å². The summed E-state index contributed by atoms with van der Waals surface area (Å²) in [7, 11) is -2.61. The van der Waals surface area contributed by atoms with Gasteiger partial charge in [0.1, 0.15) is 6.61 Å². The fraction of sp³-hybridized carbons (Fsp3) is 0.292. The van der Waals surface area contributed by atoms with E-state index in [-0.39, 0.29) is 11.6 Å². The Kier molecular flexibility index (Phi) is 6.66. The van der Waals surface area contributed by atoms with Gasteiger partial charge >= 0.3 is 0 Å². The van der Waals surface area contributed by atoms with Gasteiger partial charge < -0.3 is 9.53 Å². The summed E-state index contributed by atoms with van der Waals surface area (Å²) in [5, 5.41) is 16.8. The van der Waals surface area contributed by atoms with Gasteiger partial charge in [0.2, 0.25) is 0 Å². The summed E-state index contributed by atoms with van der Waals surface area (Å²) in [6, 6.07) is 21.1. The maximum atomic E-state index is 9.81. The van der Waals surface area contributed by atoms with E-state index >= 15 is 0 Å². The van der Waals surface area contributed by atoms with E-state index in [1.54, 1.807) is 16.4 Å². The van der Waals surface area contributed by atoms with E-state index in [0.29, 0.717) is 24.8 Å². The number of rotatable bonds is 8. The van der Waals surface area contributed by atoms with Gasteiger partial charge in [-0.3, -0.25) is 4.98 Å². The number of nitrogens with zero attached hydrogens (tertiary/aromatic N) is 4. The van der Waals surface area contributed by atoms with Crippen molar-refractivity contribution >= 4 is 30.0 Å². The fourth-order valence-corrected chi connectivity index (χ4v) is 9.25. The van der Waals surface area contributed by atoms with Gasteiger partial charge in [-0.1, -0.05) is 81.4 Å². The van der Waals surface area contributed by atoms with Crippen LogP contribution in [0.5, 0.6) is 0 Å². The predicted octanol–water partition coefficient (Wildman–Crippen LogP) is 3.47. The van der Waals surface area contributed by atoms with Crippen LogP contribution in [0.4, 0.5) is 0 Å². The van der Waals surface area contributed by atoms with E-state index in [2.05, 4.69) is 84.4 Å². The molecule has 0 atom stereocenters. The first kappa shape index (κ1) is 22.5. The highest BCUT2D eigenvalue weighted by atomic mass is 32.1. The number of aliphatic hydroxyl groups excluding tert-OH is 1. The molecule has 0 aliphatic carbocycles. The second-order valence-electron chi connectivity index (χ2n) is 8.61. The summed E-state index contributed by atoms with van der Waals surface area (Å²) in [5.41, 5.74) is 1.75. The Morgan fingerprint density at radius 1 is 1.00 bits per heavy atom. The highest BCUT2D eigenvalue weighted by Crippen LogP contribution is 2.36. The minimum absolute atomic E-state index is 0.0916. The smallest absolute Gasteiger partial charge is 0.261 e. The average Bonchev–Trinajstić information content (AvgIpc) is 3.47. The maximum absolute atomic E-state index is 9.81. The lowest BCUT2D eigenvalue weighted by Crippen LogP contribution is -2.66. The molecule has 6 nitrogen and oxygen atoms in total. The van der Waals surface area contributed by atoms with Crippen molar-refractivity contribution in [3.05, 3.63) is 78.2 Å². The predicted molar refractivity (Wildman–Crippen MR) is 131 cm³/mol. The first-order valence-corrected chi connectivity index (χ1v) is 13.4. The molecule has 0 saturated carbocycles. The highest BCUT2D eigenvalue weighted by Gasteiger charge is 2.50. The van der Waals surface area contributed by atoms with Gasteiger partial charge in [-0.15, -0.1) is 16.4 Å². The molecule has 4 aromatic rings. The first-order valence-electron chi connectivity index (χ1n) is 10.6. The van der Waals surface area contributed by atoms with Crippen LogP contribution in [0.1, 0.15) is 26.6 Å². The molecule has 2 heterocycles. The van der Waals surface area contributed by atoms with Crippen LogP contribution < -0.4 is 10.4 Å². The van der Waals surface area contributed by atoms with E-state index in [4.69, 9.17) is 4.43 Å². The molecule has 0 bridgehead atoms. The normalized spacial score (nSPS) is 12.2. The van der Waals surface area contributed by atoms with Crippen LogP contribution >= 0.6 is 11.3 Å². The number of aliphatic hydroxyl groups is 1. The molecule has 8 heteroatoms. The molecule has 0 aliphatic heterocycles. The molecule has 0 unspecified atom stereocenters. The third kappa shape index (κ3) is 4.31. The Bertz CT molecular complexity index is 1090. The summed E-state index contributed by atoms with van der Waals surface area (Å²) in [6.45, 7) is 7.57. The zero-order chi connectivity index (χ0) is 22.6. The summed E-state index contributed by atoms with van der Waals surface area (Å²) in [6.07, 6.45) is 1.74. The standard InChI is InChI=1S/C24H28N4O2SSi/c1-24(2,3)32(19-10-6-4-7-11-19,20-12-8-5-9-13-20)30-15-14-28-22(17-29)26-23(27-28)21-16-25-18-31-21/h4-13,16,18,29H,14-15,17H2,1-3H3. The van der Waals surface area contributed by atoms with E-state index in [9.17, 15) is 5.11 Å². The Morgan fingerprint density at radius 2 is 1.62 bits per heavy atom. The summed E-state index contributed by atoms with van der Waals surface area (Å²) in [4.78, 5) is 9.46. The summed E-state index contributed by atoms with van der Waals surface area (Å²) in [5.74, 6) is 1.11. The molecule has 2 aromatic carbocycles. The Balaban J connectivity index is 1.66. The SMILES string of the molecule is CC(C)(C)[Si](OCCn1nc(-c2cncs2)nc1CO)(c1ccccc1)c1ccccc1. The Hall–Kier alpha value is -2.65. The molecule has 2 aromatic heterocycles. The van der Waals surface area contributed by atoms with Crippen LogP contribution in [-0.4, -0.2) is 39.8 Å². The van der Waals surface area contributed by atoms with Crippen LogP contribution in [0, 0.1) is 0 Å². The number of benzene rings is 2. The number of hydrogen-bond donors (Lipinski definition) is 1. The number of hydrogen-bond acceptors (Lipinski definition) is 6. The minimum Gasteiger partial charge on any atom is -0.406 e. The van der Waals surface area contributed by atoms with Crippen molar-refractivity contribution in [1.82, 2.24) is 19.7 Å². The van der Waals surface area contributed by atoms with Gasteiger partial charge in [-0.25, -0.2) is 9.67 Å². The molecule has 0 saturated heterocycles. The van der Waals surface area contributed by atoms with Crippen LogP contribution in [0.25, 0.3) is 10.7 Å². The van der Waals surface area contributed by atoms with Crippen LogP contribution in [0.3, 0.4) is 0 Å². The molecular weight excluding hydrogens is 436 g/mol. The second kappa shape index (κ2) is 9.46. The van der Waals surface area contributed by atoms with Gasteiger partial charge in [0.25, 0.3) is 8.32 Å². The quantitative estimate of drug-likeness (QED) is 0.404. The molecule has 0 aliphatic rings. The van der Waals surface area contributed by atoms with Gasteiger partial charge in [0.05, 0.1) is 23.5 Å². The number of aromatic nitrogens is 4.